The first kappa shape index (κ1) is 16.2. The van der Waals surface area contributed by atoms with Gasteiger partial charge >= 0.3 is 6.09 Å². The molecule has 1 aromatic rings. The van der Waals surface area contributed by atoms with Gasteiger partial charge in [-0.2, -0.15) is 0 Å². The van der Waals surface area contributed by atoms with E-state index in [-0.39, 0.29) is 24.0 Å². The van der Waals surface area contributed by atoms with E-state index in [1.165, 1.54) is 12.1 Å². The van der Waals surface area contributed by atoms with Gasteiger partial charge in [-0.1, -0.05) is 12.1 Å². The number of fused-ring (bicyclic) bond motifs is 2. The molecule has 2 heterocycles. The molecule has 3 rings (SSSR count). The maximum absolute atomic E-state index is 13.1. The molecule has 0 aromatic heterocycles. The molecule has 2 aliphatic heterocycles. The second kappa shape index (κ2) is 5.48. The zero-order valence-corrected chi connectivity index (χ0v) is 13.9. The molecule has 2 atom stereocenters. The molecule has 1 N–H and O–H groups in total. The summed E-state index contributed by atoms with van der Waals surface area (Å²) in [5.41, 5.74) is -0.807. The summed E-state index contributed by atoms with van der Waals surface area (Å²) in [5.74, 6) is -0.313. The van der Waals surface area contributed by atoms with Crippen LogP contribution in [0.1, 0.15) is 52.0 Å². The summed E-state index contributed by atoms with van der Waals surface area (Å²) in [6, 6.07) is 5.96. The number of carbonyl (C=O) groups excluding carboxylic acids is 1. The fourth-order valence-corrected chi connectivity index (χ4v) is 3.83. The molecule has 2 bridgehead atoms. The third-order valence-corrected chi connectivity index (χ3v) is 4.75. The molecule has 126 valence electrons. The van der Waals surface area contributed by atoms with E-state index in [1.807, 2.05) is 20.8 Å². The first-order valence-corrected chi connectivity index (χ1v) is 8.18. The standard InChI is InChI=1S/C18H24FNO3/c1-17(2,3)23-16(21)20-14-8-9-15(20)11-18(22,10-14)12-4-6-13(19)7-5-12/h4-7,14-15,22H,8-11H2,1-3H3. The lowest BCUT2D eigenvalue weighted by Crippen LogP contribution is -2.53. The van der Waals surface area contributed by atoms with Gasteiger partial charge in [0.05, 0.1) is 5.60 Å². The Balaban J connectivity index is 1.79. The summed E-state index contributed by atoms with van der Waals surface area (Å²) >= 11 is 0. The molecule has 2 fully saturated rings. The van der Waals surface area contributed by atoms with Crippen molar-refractivity contribution in [1.82, 2.24) is 4.90 Å². The van der Waals surface area contributed by atoms with E-state index in [4.69, 9.17) is 4.74 Å². The first-order chi connectivity index (χ1) is 10.7. The monoisotopic (exact) mass is 321 g/mol. The molecular formula is C18H24FNO3. The van der Waals surface area contributed by atoms with Gasteiger partial charge in [0, 0.05) is 24.9 Å². The molecule has 1 aromatic carbocycles. The van der Waals surface area contributed by atoms with E-state index in [2.05, 4.69) is 0 Å². The highest BCUT2D eigenvalue weighted by atomic mass is 19.1. The number of hydrogen-bond donors (Lipinski definition) is 1. The van der Waals surface area contributed by atoms with Crippen molar-refractivity contribution in [3.63, 3.8) is 0 Å². The normalized spacial score (nSPS) is 30.4. The molecule has 2 aliphatic rings. The maximum atomic E-state index is 13.1. The van der Waals surface area contributed by atoms with Crippen molar-refractivity contribution in [2.45, 2.75) is 69.7 Å². The van der Waals surface area contributed by atoms with Gasteiger partial charge in [0.2, 0.25) is 0 Å². The van der Waals surface area contributed by atoms with Gasteiger partial charge in [-0.15, -0.1) is 0 Å². The van der Waals surface area contributed by atoms with Gasteiger partial charge in [-0.05, 0) is 51.3 Å². The van der Waals surface area contributed by atoms with Crippen LogP contribution in [0.25, 0.3) is 0 Å². The number of halogens is 1. The van der Waals surface area contributed by atoms with E-state index in [0.29, 0.717) is 12.8 Å². The van der Waals surface area contributed by atoms with Gasteiger partial charge < -0.3 is 14.7 Å². The van der Waals surface area contributed by atoms with Gasteiger partial charge in [0.1, 0.15) is 11.4 Å². The van der Waals surface area contributed by atoms with Gasteiger partial charge in [0.25, 0.3) is 0 Å². The third kappa shape index (κ3) is 3.20. The van der Waals surface area contributed by atoms with Crippen LogP contribution in [0.2, 0.25) is 0 Å². The van der Waals surface area contributed by atoms with Crippen molar-refractivity contribution in [1.29, 1.82) is 0 Å². The van der Waals surface area contributed by atoms with Crippen LogP contribution in [0.4, 0.5) is 9.18 Å². The number of carbonyl (C=O) groups is 1. The molecule has 0 saturated carbocycles. The number of amides is 1. The molecule has 0 aliphatic carbocycles. The number of aliphatic hydroxyl groups is 1. The zero-order valence-electron chi connectivity index (χ0n) is 13.9. The topological polar surface area (TPSA) is 49.8 Å². The Labute approximate surface area is 136 Å². The molecule has 1 amide bonds. The number of hydrogen-bond acceptors (Lipinski definition) is 3. The van der Waals surface area contributed by atoms with Crippen molar-refractivity contribution in [3.05, 3.63) is 35.6 Å². The molecule has 23 heavy (non-hydrogen) atoms. The van der Waals surface area contributed by atoms with Crippen LogP contribution >= 0.6 is 0 Å². The van der Waals surface area contributed by atoms with Crippen molar-refractivity contribution in [3.8, 4) is 0 Å². The lowest BCUT2D eigenvalue weighted by molar-refractivity contribution is -0.0624. The van der Waals surface area contributed by atoms with E-state index < -0.39 is 11.2 Å². The van der Waals surface area contributed by atoms with E-state index in [1.54, 1.807) is 17.0 Å². The van der Waals surface area contributed by atoms with E-state index in [0.717, 1.165) is 18.4 Å². The Morgan fingerprint density at radius 3 is 2.22 bits per heavy atom. The molecule has 0 spiro atoms. The minimum atomic E-state index is -1.00. The average Bonchev–Trinajstić information content (AvgIpc) is 2.71. The maximum Gasteiger partial charge on any atom is 0.410 e. The largest absolute Gasteiger partial charge is 0.444 e. The second-order valence-corrected chi connectivity index (χ2v) is 7.72. The van der Waals surface area contributed by atoms with Crippen LogP contribution in [0.15, 0.2) is 24.3 Å². The van der Waals surface area contributed by atoms with Gasteiger partial charge in [0.15, 0.2) is 0 Å². The van der Waals surface area contributed by atoms with Crippen molar-refractivity contribution in [2.24, 2.45) is 0 Å². The summed E-state index contributed by atoms with van der Waals surface area (Å²) in [4.78, 5) is 14.2. The Morgan fingerprint density at radius 1 is 1.22 bits per heavy atom. The first-order valence-electron chi connectivity index (χ1n) is 8.18. The summed E-state index contributed by atoms with van der Waals surface area (Å²) in [6.07, 6.45) is 2.37. The van der Waals surface area contributed by atoms with E-state index in [9.17, 15) is 14.3 Å². The number of rotatable bonds is 1. The third-order valence-electron chi connectivity index (χ3n) is 4.75. The number of benzene rings is 1. The van der Waals surface area contributed by atoms with Crippen molar-refractivity contribution in [2.75, 3.05) is 0 Å². The predicted molar refractivity (Wildman–Crippen MR) is 84.4 cm³/mol. The summed E-state index contributed by atoms with van der Waals surface area (Å²) in [5, 5.41) is 11.0. The SMILES string of the molecule is CC(C)(C)OC(=O)N1C2CCC1CC(O)(c1ccc(F)cc1)C2. The minimum absolute atomic E-state index is 0.0290. The number of piperidine rings is 1. The Hall–Kier alpha value is -1.62. The smallest absolute Gasteiger partial charge is 0.410 e. The molecular weight excluding hydrogens is 297 g/mol. The average molecular weight is 321 g/mol. The Bertz CT molecular complexity index is 579. The van der Waals surface area contributed by atoms with Gasteiger partial charge in [-0.25, -0.2) is 9.18 Å². The number of nitrogens with zero attached hydrogens (tertiary/aromatic N) is 1. The molecule has 5 heteroatoms. The molecule has 4 nitrogen and oxygen atoms in total. The molecule has 2 unspecified atom stereocenters. The van der Waals surface area contributed by atoms with Crippen molar-refractivity contribution >= 4 is 6.09 Å². The van der Waals surface area contributed by atoms with Crippen LogP contribution in [-0.4, -0.2) is 33.8 Å². The minimum Gasteiger partial charge on any atom is -0.444 e. The van der Waals surface area contributed by atoms with E-state index >= 15 is 0 Å². The molecule has 2 saturated heterocycles. The second-order valence-electron chi connectivity index (χ2n) is 7.72. The quantitative estimate of drug-likeness (QED) is 0.860. The summed E-state index contributed by atoms with van der Waals surface area (Å²) in [6.45, 7) is 5.56. The fourth-order valence-electron chi connectivity index (χ4n) is 3.83. The van der Waals surface area contributed by atoms with Crippen LogP contribution in [0.5, 0.6) is 0 Å². The summed E-state index contributed by atoms with van der Waals surface area (Å²) < 4.78 is 18.6. The molecule has 0 radical (unpaired) electrons. The van der Waals surface area contributed by atoms with Crippen LogP contribution in [-0.2, 0) is 10.3 Å². The van der Waals surface area contributed by atoms with Crippen molar-refractivity contribution < 1.29 is 19.0 Å². The Morgan fingerprint density at radius 2 is 1.74 bits per heavy atom. The highest BCUT2D eigenvalue weighted by Gasteiger charge is 2.51. The van der Waals surface area contributed by atoms with Crippen LogP contribution in [0.3, 0.4) is 0 Å². The van der Waals surface area contributed by atoms with Crippen LogP contribution < -0.4 is 0 Å². The lowest BCUT2D eigenvalue weighted by atomic mass is 9.80. The van der Waals surface area contributed by atoms with Gasteiger partial charge in [-0.3, -0.25) is 0 Å². The highest BCUT2D eigenvalue weighted by Crippen LogP contribution is 2.46. The Kier molecular flexibility index (Phi) is 3.87. The predicted octanol–water partition coefficient (Wildman–Crippen LogP) is 3.58. The fraction of sp³-hybridized carbons (Fsp3) is 0.611. The zero-order chi connectivity index (χ0) is 16.8. The number of ether oxygens (including phenoxy) is 1. The highest BCUT2D eigenvalue weighted by molar-refractivity contribution is 5.69. The lowest BCUT2D eigenvalue weighted by Gasteiger charge is -2.44. The summed E-state index contributed by atoms with van der Waals surface area (Å²) in [7, 11) is 0. The van der Waals surface area contributed by atoms with Crippen LogP contribution in [0, 0.1) is 5.82 Å².